The number of hydroxylamine groups is 1. The molecule has 16 heavy (non-hydrogen) atoms. The van der Waals surface area contributed by atoms with Crippen molar-refractivity contribution in [2.24, 2.45) is 0 Å². The number of carbonyl (C=O) groups is 1. The van der Waals surface area contributed by atoms with E-state index in [1.807, 2.05) is 12.3 Å². The first-order valence-electron chi connectivity index (χ1n) is 4.67. The summed E-state index contributed by atoms with van der Waals surface area (Å²) in [6, 6.07) is 6.91. The molecule has 0 saturated carbocycles. The first-order valence-corrected chi connectivity index (χ1v) is 5.55. The van der Waals surface area contributed by atoms with Crippen LogP contribution in [0.4, 0.5) is 0 Å². The highest BCUT2D eigenvalue weighted by Crippen LogP contribution is 2.21. The summed E-state index contributed by atoms with van der Waals surface area (Å²) in [5.74, 6) is -0.513. The number of aromatic nitrogens is 1. The lowest BCUT2D eigenvalue weighted by Gasteiger charge is -2.00. The molecule has 0 aliphatic carbocycles. The zero-order chi connectivity index (χ0) is 11.5. The van der Waals surface area contributed by atoms with Crippen molar-refractivity contribution in [3.05, 3.63) is 40.2 Å². The minimum absolute atomic E-state index is 0.415. The van der Waals surface area contributed by atoms with Crippen LogP contribution in [0.1, 0.15) is 15.4 Å². The third kappa shape index (κ3) is 2.10. The normalized spacial score (nSPS) is 10.1. The fourth-order valence-corrected chi connectivity index (χ4v) is 1.97. The molecular formula is C11H10N2O2S. The Morgan fingerprint density at radius 1 is 1.38 bits per heavy atom. The number of benzene rings is 1. The van der Waals surface area contributed by atoms with E-state index in [9.17, 15) is 4.79 Å². The number of hydrogen-bond donors (Lipinski definition) is 2. The second-order valence-corrected chi connectivity index (χ2v) is 4.33. The summed E-state index contributed by atoms with van der Waals surface area (Å²) in [5, 5.41) is 11.4. The molecule has 1 aromatic heterocycles. The lowest BCUT2D eigenvalue weighted by atomic mass is 10.1. The highest BCUT2D eigenvalue weighted by atomic mass is 32.1. The van der Waals surface area contributed by atoms with Crippen LogP contribution in [0.5, 0.6) is 0 Å². The molecule has 0 aliphatic rings. The average molecular weight is 234 g/mol. The molecule has 2 N–H and O–H groups in total. The largest absolute Gasteiger partial charge is 0.288 e. The topological polar surface area (TPSA) is 62.2 Å². The van der Waals surface area contributed by atoms with E-state index in [2.05, 4.69) is 4.98 Å². The molecule has 82 valence electrons. The van der Waals surface area contributed by atoms with Gasteiger partial charge in [-0.2, -0.15) is 0 Å². The zero-order valence-corrected chi connectivity index (χ0v) is 9.41. The number of rotatable bonds is 2. The van der Waals surface area contributed by atoms with Crippen LogP contribution in [0.25, 0.3) is 11.3 Å². The number of nitrogens with zero attached hydrogens (tertiary/aromatic N) is 1. The van der Waals surface area contributed by atoms with Crippen molar-refractivity contribution in [1.29, 1.82) is 0 Å². The molecule has 2 rings (SSSR count). The third-order valence-corrected chi connectivity index (χ3v) is 2.94. The Morgan fingerprint density at radius 2 is 2.06 bits per heavy atom. The van der Waals surface area contributed by atoms with Gasteiger partial charge in [-0.05, 0) is 19.1 Å². The Labute approximate surface area is 96.5 Å². The SMILES string of the molecule is Cc1nc(-c2ccc(C(=O)NO)cc2)cs1. The lowest BCUT2D eigenvalue weighted by molar-refractivity contribution is 0.0706. The Bertz CT molecular complexity index is 505. The molecule has 1 heterocycles. The van der Waals surface area contributed by atoms with E-state index >= 15 is 0 Å². The van der Waals surface area contributed by atoms with E-state index in [0.29, 0.717) is 5.56 Å². The molecule has 1 aromatic carbocycles. The Kier molecular flexibility index (Phi) is 2.98. The average Bonchev–Trinajstić information content (AvgIpc) is 2.75. The van der Waals surface area contributed by atoms with Crippen LogP contribution < -0.4 is 5.48 Å². The summed E-state index contributed by atoms with van der Waals surface area (Å²) in [7, 11) is 0. The van der Waals surface area contributed by atoms with Crippen molar-refractivity contribution in [2.75, 3.05) is 0 Å². The van der Waals surface area contributed by atoms with Crippen LogP contribution >= 0.6 is 11.3 Å². The van der Waals surface area contributed by atoms with Gasteiger partial charge in [0, 0.05) is 16.5 Å². The predicted octanol–water partition coefficient (Wildman–Crippen LogP) is 2.24. The smallest absolute Gasteiger partial charge is 0.274 e. The van der Waals surface area contributed by atoms with Crippen molar-refractivity contribution >= 4 is 17.2 Å². The van der Waals surface area contributed by atoms with Crippen molar-refractivity contribution in [3.8, 4) is 11.3 Å². The highest BCUT2D eigenvalue weighted by molar-refractivity contribution is 7.09. The van der Waals surface area contributed by atoms with E-state index < -0.39 is 5.91 Å². The Hall–Kier alpha value is -1.72. The van der Waals surface area contributed by atoms with Gasteiger partial charge in [-0.25, -0.2) is 10.5 Å². The van der Waals surface area contributed by atoms with Crippen LogP contribution in [-0.2, 0) is 0 Å². The van der Waals surface area contributed by atoms with Crippen LogP contribution in [0.15, 0.2) is 29.6 Å². The van der Waals surface area contributed by atoms with Crippen molar-refractivity contribution < 1.29 is 10.0 Å². The fourth-order valence-electron chi connectivity index (χ4n) is 1.35. The number of thiazole rings is 1. The maximum absolute atomic E-state index is 11.1. The summed E-state index contributed by atoms with van der Waals surface area (Å²) in [6.45, 7) is 1.95. The van der Waals surface area contributed by atoms with E-state index in [0.717, 1.165) is 16.3 Å². The molecular weight excluding hydrogens is 224 g/mol. The van der Waals surface area contributed by atoms with Gasteiger partial charge in [-0.1, -0.05) is 12.1 Å². The quantitative estimate of drug-likeness (QED) is 0.618. The first kappa shape index (κ1) is 10.8. The number of amides is 1. The molecule has 0 atom stereocenters. The summed E-state index contributed by atoms with van der Waals surface area (Å²) in [5.41, 5.74) is 3.87. The summed E-state index contributed by atoms with van der Waals surface area (Å²) in [6.07, 6.45) is 0. The molecule has 5 heteroatoms. The number of hydrogen-bond acceptors (Lipinski definition) is 4. The van der Waals surface area contributed by atoms with Crippen LogP contribution in [0.2, 0.25) is 0 Å². The molecule has 0 spiro atoms. The van der Waals surface area contributed by atoms with Crippen LogP contribution in [0.3, 0.4) is 0 Å². The summed E-state index contributed by atoms with van der Waals surface area (Å²) >= 11 is 1.58. The number of aryl methyl sites for hydroxylation is 1. The maximum Gasteiger partial charge on any atom is 0.274 e. The first-order chi connectivity index (χ1) is 7.70. The van der Waals surface area contributed by atoms with E-state index in [4.69, 9.17) is 5.21 Å². The van der Waals surface area contributed by atoms with Gasteiger partial charge in [0.25, 0.3) is 5.91 Å². The summed E-state index contributed by atoms with van der Waals surface area (Å²) in [4.78, 5) is 15.4. The lowest BCUT2D eigenvalue weighted by Crippen LogP contribution is -2.18. The van der Waals surface area contributed by atoms with E-state index in [-0.39, 0.29) is 0 Å². The van der Waals surface area contributed by atoms with Gasteiger partial charge in [-0.15, -0.1) is 11.3 Å². The molecule has 0 fully saturated rings. The van der Waals surface area contributed by atoms with E-state index in [1.54, 1.807) is 41.1 Å². The molecule has 0 saturated heterocycles. The molecule has 0 unspecified atom stereocenters. The molecule has 4 nitrogen and oxygen atoms in total. The Balaban J connectivity index is 2.29. The molecule has 1 amide bonds. The van der Waals surface area contributed by atoms with Crippen molar-refractivity contribution in [1.82, 2.24) is 10.5 Å². The zero-order valence-electron chi connectivity index (χ0n) is 8.60. The van der Waals surface area contributed by atoms with Crippen LogP contribution in [-0.4, -0.2) is 16.1 Å². The molecule has 2 aromatic rings. The summed E-state index contributed by atoms with van der Waals surface area (Å²) < 4.78 is 0. The minimum atomic E-state index is -0.513. The van der Waals surface area contributed by atoms with E-state index in [1.165, 1.54) is 0 Å². The van der Waals surface area contributed by atoms with Gasteiger partial charge in [-0.3, -0.25) is 10.0 Å². The molecule has 0 radical (unpaired) electrons. The van der Waals surface area contributed by atoms with Gasteiger partial charge in [0.15, 0.2) is 0 Å². The maximum atomic E-state index is 11.1. The third-order valence-electron chi connectivity index (χ3n) is 2.16. The second-order valence-electron chi connectivity index (χ2n) is 3.27. The number of nitrogens with one attached hydrogen (secondary N) is 1. The van der Waals surface area contributed by atoms with Crippen molar-refractivity contribution in [2.45, 2.75) is 6.92 Å². The van der Waals surface area contributed by atoms with Gasteiger partial charge in [0.2, 0.25) is 0 Å². The fraction of sp³-hybridized carbons (Fsp3) is 0.0909. The van der Waals surface area contributed by atoms with Gasteiger partial charge < -0.3 is 0 Å². The Morgan fingerprint density at radius 3 is 2.56 bits per heavy atom. The highest BCUT2D eigenvalue weighted by Gasteiger charge is 2.05. The second kappa shape index (κ2) is 4.42. The van der Waals surface area contributed by atoms with Crippen LogP contribution in [0, 0.1) is 6.92 Å². The molecule has 0 bridgehead atoms. The van der Waals surface area contributed by atoms with Gasteiger partial charge in [0.05, 0.1) is 10.7 Å². The van der Waals surface area contributed by atoms with Gasteiger partial charge in [0.1, 0.15) is 0 Å². The molecule has 0 aliphatic heterocycles. The predicted molar refractivity (Wildman–Crippen MR) is 61.5 cm³/mol. The van der Waals surface area contributed by atoms with Crippen molar-refractivity contribution in [3.63, 3.8) is 0 Å². The van der Waals surface area contributed by atoms with Gasteiger partial charge >= 0.3 is 0 Å². The standard InChI is InChI=1S/C11H10N2O2S/c1-7-12-10(6-16-7)8-2-4-9(5-3-8)11(14)13-15/h2-6,15H,1H3,(H,13,14). The monoisotopic (exact) mass is 234 g/mol. The number of carbonyl (C=O) groups excluding carboxylic acids is 1. The minimum Gasteiger partial charge on any atom is -0.288 e.